The van der Waals surface area contributed by atoms with Crippen LogP contribution in [-0.4, -0.2) is 37.1 Å². The quantitative estimate of drug-likeness (QED) is 0.658. The van der Waals surface area contributed by atoms with Crippen molar-refractivity contribution in [1.82, 2.24) is 10.2 Å². The first-order valence-electron chi connectivity index (χ1n) is 5.46. The van der Waals surface area contributed by atoms with Crippen LogP contribution in [0.25, 0.3) is 0 Å². The minimum atomic E-state index is 0.863. The zero-order chi connectivity index (χ0) is 9.10. The van der Waals surface area contributed by atoms with E-state index in [2.05, 4.69) is 23.2 Å². The molecule has 0 aromatic carbocycles. The third kappa shape index (κ3) is 3.12. The molecule has 74 valence electrons. The minimum absolute atomic E-state index is 0.863. The average Bonchev–Trinajstić information content (AvgIpc) is 2.92. The van der Waals surface area contributed by atoms with Crippen LogP contribution in [0.5, 0.6) is 0 Å². The smallest absolute Gasteiger partial charge is 0.0166 e. The van der Waals surface area contributed by atoms with E-state index in [1.807, 2.05) is 0 Å². The molecule has 2 rings (SSSR count). The van der Waals surface area contributed by atoms with Crippen LogP contribution in [0.3, 0.4) is 0 Å². The number of rotatable bonds is 4. The Bertz CT molecular complexity index is 194. The summed E-state index contributed by atoms with van der Waals surface area (Å²) < 4.78 is 0. The van der Waals surface area contributed by atoms with Crippen molar-refractivity contribution >= 4 is 0 Å². The van der Waals surface area contributed by atoms with Crippen molar-refractivity contribution in [3.63, 3.8) is 0 Å². The Morgan fingerprint density at radius 1 is 1.54 bits per heavy atom. The van der Waals surface area contributed by atoms with Crippen LogP contribution in [0, 0.1) is 0 Å². The van der Waals surface area contributed by atoms with Crippen molar-refractivity contribution in [3.05, 3.63) is 11.6 Å². The van der Waals surface area contributed by atoms with Gasteiger partial charge in [0.15, 0.2) is 0 Å². The number of hydrogen-bond acceptors (Lipinski definition) is 2. The van der Waals surface area contributed by atoms with E-state index in [9.17, 15) is 0 Å². The monoisotopic (exact) mass is 180 g/mol. The molecule has 1 saturated carbocycles. The van der Waals surface area contributed by atoms with E-state index in [-0.39, 0.29) is 0 Å². The predicted octanol–water partition coefficient (Wildman–Crippen LogP) is 1.39. The lowest BCUT2D eigenvalue weighted by Crippen LogP contribution is -2.35. The van der Waals surface area contributed by atoms with Gasteiger partial charge in [0.1, 0.15) is 0 Å². The van der Waals surface area contributed by atoms with Crippen LogP contribution in [0.4, 0.5) is 0 Å². The molecule has 0 bridgehead atoms. The summed E-state index contributed by atoms with van der Waals surface area (Å²) in [6.45, 7) is 7.06. The Hall–Kier alpha value is -0.340. The van der Waals surface area contributed by atoms with Crippen LogP contribution in [0.15, 0.2) is 11.6 Å². The van der Waals surface area contributed by atoms with Crippen LogP contribution >= 0.6 is 0 Å². The molecule has 0 aromatic rings. The summed E-state index contributed by atoms with van der Waals surface area (Å²) >= 11 is 0. The van der Waals surface area contributed by atoms with Crippen molar-refractivity contribution in [2.24, 2.45) is 0 Å². The molecule has 1 fully saturated rings. The highest BCUT2D eigenvalue weighted by molar-refractivity contribution is 5.03. The van der Waals surface area contributed by atoms with Gasteiger partial charge in [-0.2, -0.15) is 0 Å². The maximum Gasteiger partial charge on any atom is 0.0166 e. The van der Waals surface area contributed by atoms with E-state index in [1.165, 1.54) is 38.9 Å². The van der Waals surface area contributed by atoms with Crippen molar-refractivity contribution in [2.45, 2.75) is 32.2 Å². The van der Waals surface area contributed by atoms with Gasteiger partial charge in [-0.3, -0.25) is 4.90 Å². The Balaban J connectivity index is 1.59. The molecule has 0 amide bonds. The highest BCUT2D eigenvalue weighted by Crippen LogP contribution is 2.18. The molecule has 0 unspecified atom stereocenters. The lowest BCUT2D eigenvalue weighted by Gasteiger charge is -2.25. The first kappa shape index (κ1) is 9.22. The van der Waals surface area contributed by atoms with Gasteiger partial charge in [-0.15, -0.1) is 0 Å². The second-order valence-electron chi connectivity index (χ2n) is 4.33. The molecule has 1 aliphatic carbocycles. The lowest BCUT2D eigenvalue weighted by molar-refractivity contribution is 0.292. The third-order valence-electron chi connectivity index (χ3n) is 2.96. The summed E-state index contributed by atoms with van der Waals surface area (Å²) in [5.41, 5.74) is 1.56. The van der Waals surface area contributed by atoms with E-state index in [4.69, 9.17) is 0 Å². The Labute approximate surface area is 81.0 Å². The maximum absolute atomic E-state index is 3.55. The van der Waals surface area contributed by atoms with Gasteiger partial charge >= 0.3 is 0 Å². The van der Waals surface area contributed by atoms with Crippen molar-refractivity contribution in [3.8, 4) is 0 Å². The summed E-state index contributed by atoms with van der Waals surface area (Å²) in [6.07, 6.45) is 6.43. The predicted molar refractivity (Wildman–Crippen MR) is 55.8 cm³/mol. The minimum Gasteiger partial charge on any atom is -0.313 e. The third-order valence-corrected chi connectivity index (χ3v) is 2.96. The average molecular weight is 180 g/mol. The molecular formula is C11H20N2. The Morgan fingerprint density at radius 3 is 3.00 bits per heavy atom. The molecule has 1 heterocycles. The standard InChI is InChI=1S/C11H20N2/c1-10-4-7-13(8-5-10)9-6-12-11-2-3-11/h4,11-12H,2-3,5-9H2,1H3. The van der Waals surface area contributed by atoms with E-state index < -0.39 is 0 Å². The van der Waals surface area contributed by atoms with Gasteiger partial charge in [0, 0.05) is 32.2 Å². The van der Waals surface area contributed by atoms with Crippen molar-refractivity contribution in [2.75, 3.05) is 26.2 Å². The first-order valence-corrected chi connectivity index (χ1v) is 5.46. The summed E-state index contributed by atoms with van der Waals surface area (Å²) in [5, 5.41) is 3.55. The molecule has 0 aromatic heterocycles. The largest absolute Gasteiger partial charge is 0.313 e. The first-order chi connectivity index (χ1) is 6.34. The molecule has 0 spiro atoms. The molecule has 0 saturated heterocycles. The second-order valence-corrected chi connectivity index (χ2v) is 4.33. The van der Waals surface area contributed by atoms with Crippen LogP contribution < -0.4 is 5.32 Å². The molecule has 2 aliphatic rings. The fraction of sp³-hybridized carbons (Fsp3) is 0.818. The molecule has 1 aliphatic heterocycles. The van der Waals surface area contributed by atoms with Crippen molar-refractivity contribution < 1.29 is 0 Å². The second kappa shape index (κ2) is 4.25. The molecule has 0 radical (unpaired) electrons. The van der Waals surface area contributed by atoms with Crippen molar-refractivity contribution in [1.29, 1.82) is 0 Å². The molecule has 13 heavy (non-hydrogen) atoms. The van der Waals surface area contributed by atoms with E-state index in [1.54, 1.807) is 5.57 Å². The zero-order valence-corrected chi connectivity index (χ0v) is 8.55. The number of hydrogen-bond donors (Lipinski definition) is 1. The summed E-state index contributed by atoms with van der Waals surface area (Å²) in [4.78, 5) is 2.53. The van der Waals surface area contributed by atoms with Gasteiger partial charge in [0.25, 0.3) is 0 Å². The van der Waals surface area contributed by atoms with Gasteiger partial charge in [-0.25, -0.2) is 0 Å². The van der Waals surface area contributed by atoms with Crippen LogP contribution in [0.2, 0.25) is 0 Å². The lowest BCUT2D eigenvalue weighted by atomic mass is 10.1. The van der Waals surface area contributed by atoms with E-state index >= 15 is 0 Å². The number of nitrogens with one attached hydrogen (secondary N) is 1. The molecule has 2 nitrogen and oxygen atoms in total. The van der Waals surface area contributed by atoms with Gasteiger partial charge in [0.05, 0.1) is 0 Å². The highest BCUT2D eigenvalue weighted by atomic mass is 15.1. The van der Waals surface area contributed by atoms with Gasteiger partial charge in [0.2, 0.25) is 0 Å². The summed E-state index contributed by atoms with van der Waals surface area (Å²) in [7, 11) is 0. The maximum atomic E-state index is 3.55. The van der Waals surface area contributed by atoms with Gasteiger partial charge in [-0.1, -0.05) is 11.6 Å². The normalized spacial score (nSPS) is 24.5. The fourth-order valence-corrected chi connectivity index (χ4v) is 1.73. The molecule has 1 N–H and O–H groups in total. The van der Waals surface area contributed by atoms with E-state index in [0.29, 0.717) is 0 Å². The Morgan fingerprint density at radius 2 is 2.38 bits per heavy atom. The van der Waals surface area contributed by atoms with Crippen LogP contribution in [0.1, 0.15) is 26.2 Å². The molecule has 0 atom stereocenters. The van der Waals surface area contributed by atoms with Crippen LogP contribution in [-0.2, 0) is 0 Å². The highest BCUT2D eigenvalue weighted by Gasteiger charge is 2.20. The van der Waals surface area contributed by atoms with Gasteiger partial charge in [-0.05, 0) is 26.2 Å². The zero-order valence-electron chi connectivity index (χ0n) is 8.55. The van der Waals surface area contributed by atoms with E-state index in [0.717, 1.165) is 12.6 Å². The molecule has 2 heteroatoms. The Kier molecular flexibility index (Phi) is 3.01. The summed E-state index contributed by atoms with van der Waals surface area (Å²) in [5.74, 6) is 0. The summed E-state index contributed by atoms with van der Waals surface area (Å²) in [6, 6.07) is 0.863. The SMILES string of the molecule is CC1=CCN(CCNC2CC2)CC1. The fourth-order valence-electron chi connectivity index (χ4n) is 1.73. The molecular weight excluding hydrogens is 160 g/mol. The number of nitrogens with zero attached hydrogens (tertiary/aromatic N) is 1. The topological polar surface area (TPSA) is 15.3 Å². The van der Waals surface area contributed by atoms with Gasteiger partial charge < -0.3 is 5.32 Å².